The molecule has 0 saturated heterocycles. The van der Waals surface area contributed by atoms with Crippen molar-refractivity contribution in [2.24, 2.45) is 10.8 Å². The Morgan fingerprint density at radius 2 is 1.60 bits per heavy atom. The van der Waals surface area contributed by atoms with Gasteiger partial charge in [0.25, 0.3) is 0 Å². The van der Waals surface area contributed by atoms with E-state index in [0.717, 1.165) is 0 Å². The lowest BCUT2D eigenvalue weighted by Gasteiger charge is -2.18. The van der Waals surface area contributed by atoms with Crippen LogP contribution < -0.4 is 0 Å². The van der Waals surface area contributed by atoms with E-state index >= 15 is 0 Å². The van der Waals surface area contributed by atoms with Gasteiger partial charge in [-0.15, -0.1) is 0 Å². The predicted molar refractivity (Wildman–Crippen MR) is 74.6 cm³/mol. The number of allylic oxidation sites excluding steroid dienone is 1. The van der Waals surface area contributed by atoms with Crippen molar-refractivity contribution in [2.75, 3.05) is 11.5 Å². The molecule has 0 bridgehead atoms. The van der Waals surface area contributed by atoms with E-state index < -0.39 is 0 Å². The fourth-order valence-electron chi connectivity index (χ4n) is 1.39. The molecule has 90 valence electrons. The molecule has 0 saturated carbocycles. The number of hydrogen-bond donors (Lipinski definition) is 0. The minimum absolute atomic E-state index is 0.328. The quantitative estimate of drug-likeness (QED) is 0.474. The molecular formula is C14H28S. The van der Waals surface area contributed by atoms with Crippen LogP contribution in [0.1, 0.15) is 54.9 Å². The van der Waals surface area contributed by atoms with Gasteiger partial charge in [0.15, 0.2) is 0 Å². The van der Waals surface area contributed by atoms with Crippen LogP contribution in [0.3, 0.4) is 0 Å². The molecule has 0 rings (SSSR count). The van der Waals surface area contributed by atoms with Crippen molar-refractivity contribution in [1.29, 1.82) is 0 Å². The zero-order valence-corrected chi connectivity index (χ0v) is 12.4. The molecule has 0 radical (unpaired) electrons. The molecule has 0 fully saturated rings. The maximum absolute atomic E-state index is 2.39. The van der Waals surface area contributed by atoms with Gasteiger partial charge in [0, 0.05) is 5.75 Å². The van der Waals surface area contributed by atoms with Crippen LogP contribution in [0.15, 0.2) is 11.6 Å². The van der Waals surface area contributed by atoms with E-state index in [1.807, 2.05) is 0 Å². The molecule has 0 amide bonds. The highest BCUT2D eigenvalue weighted by atomic mass is 32.2. The van der Waals surface area contributed by atoms with Crippen LogP contribution in [0.4, 0.5) is 0 Å². The SMILES string of the molecule is C/C(=C/C(C)(C)C)CSCCC(C)(C)C. The van der Waals surface area contributed by atoms with Gasteiger partial charge in [0.05, 0.1) is 0 Å². The fourth-order valence-corrected chi connectivity index (χ4v) is 2.70. The normalized spacial score (nSPS) is 14.5. The highest BCUT2D eigenvalue weighted by molar-refractivity contribution is 7.99. The molecule has 0 aliphatic carbocycles. The average Bonchev–Trinajstić information content (AvgIpc) is 1.92. The van der Waals surface area contributed by atoms with Gasteiger partial charge in [-0.3, -0.25) is 0 Å². The third kappa shape index (κ3) is 12.0. The third-order valence-electron chi connectivity index (χ3n) is 2.01. The molecule has 0 aliphatic rings. The van der Waals surface area contributed by atoms with E-state index in [4.69, 9.17) is 0 Å². The number of rotatable bonds is 4. The van der Waals surface area contributed by atoms with Crippen LogP contribution in [-0.2, 0) is 0 Å². The Bertz CT molecular complexity index is 200. The van der Waals surface area contributed by atoms with E-state index in [2.05, 4.69) is 66.3 Å². The van der Waals surface area contributed by atoms with Crippen molar-refractivity contribution >= 4 is 11.8 Å². The fraction of sp³-hybridized carbons (Fsp3) is 0.857. The molecule has 15 heavy (non-hydrogen) atoms. The summed E-state index contributed by atoms with van der Waals surface area (Å²) in [4.78, 5) is 0. The van der Waals surface area contributed by atoms with Gasteiger partial charge in [-0.25, -0.2) is 0 Å². The minimum atomic E-state index is 0.328. The second kappa shape index (κ2) is 5.98. The maximum Gasteiger partial charge on any atom is 0.0140 e. The first-order valence-corrected chi connectivity index (χ1v) is 7.02. The molecule has 0 aliphatic heterocycles. The third-order valence-corrected chi connectivity index (χ3v) is 3.16. The first kappa shape index (κ1) is 15.1. The Labute approximate surface area is 101 Å². The summed E-state index contributed by atoms with van der Waals surface area (Å²) >= 11 is 2.06. The van der Waals surface area contributed by atoms with Crippen molar-refractivity contribution in [2.45, 2.75) is 54.9 Å². The summed E-state index contributed by atoms with van der Waals surface area (Å²) in [7, 11) is 0. The first-order chi connectivity index (χ1) is 6.60. The molecular weight excluding hydrogens is 200 g/mol. The van der Waals surface area contributed by atoms with Crippen LogP contribution in [-0.4, -0.2) is 11.5 Å². The molecule has 0 aromatic rings. The van der Waals surface area contributed by atoms with E-state index in [1.54, 1.807) is 0 Å². The lowest BCUT2D eigenvalue weighted by Crippen LogP contribution is -2.06. The topological polar surface area (TPSA) is 0 Å². The standard InChI is InChI=1S/C14H28S/c1-12(10-14(5,6)7)11-15-9-8-13(2,3)4/h10H,8-9,11H2,1-7H3/b12-10-. The summed E-state index contributed by atoms with van der Waals surface area (Å²) in [5.41, 5.74) is 2.32. The summed E-state index contributed by atoms with van der Waals surface area (Å²) in [6.45, 7) is 16.0. The van der Waals surface area contributed by atoms with E-state index in [1.165, 1.54) is 23.5 Å². The summed E-state index contributed by atoms with van der Waals surface area (Å²) < 4.78 is 0. The van der Waals surface area contributed by atoms with Gasteiger partial charge in [0.2, 0.25) is 0 Å². The summed E-state index contributed by atoms with van der Waals surface area (Å²) in [6.07, 6.45) is 3.69. The Morgan fingerprint density at radius 3 is 2.00 bits per heavy atom. The molecule has 0 nitrogen and oxygen atoms in total. The van der Waals surface area contributed by atoms with Gasteiger partial charge in [0.1, 0.15) is 0 Å². The van der Waals surface area contributed by atoms with Crippen LogP contribution in [0, 0.1) is 10.8 Å². The lowest BCUT2D eigenvalue weighted by molar-refractivity contribution is 0.401. The van der Waals surface area contributed by atoms with Gasteiger partial charge in [-0.05, 0) is 29.9 Å². The highest BCUT2D eigenvalue weighted by Crippen LogP contribution is 2.23. The van der Waals surface area contributed by atoms with Crippen molar-refractivity contribution in [3.05, 3.63) is 11.6 Å². The van der Waals surface area contributed by atoms with E-state index in [9.17, 15) is 0 Å². The van der Waals surface area contributed by atoms with Crippen molar-refractivity contribution in [3.8, 4) is 0 Å². The molecule has 1 heteroatoms. The molecule has 0 spiro atoms. The van der Waals surface area contributed by atoms with Gasteiger partial charge in [-0.1, -0.05) is 53.2 Å². The minimum Gasteiger partial charge on any atom is -0.158 e. The van der Waals surface area contributed by atoms with E-state index in [-0.39, 0.29) is 0 Å². The second-order valence-electron chi connectivity index (χ2n) is 6.72. The summed E-state index contributed by atoms with van der Waals surface area (Å²) in [5, 5.41) is 0. The number of thioether (sulfide) groups is 1. The van der Waals surface area contributed by atoms with Gasteiger partial charge in [-0.2, -0.15) is 11.8 Å². The Kier molecular flexibility index (Phi) is 6.02. The Morgan fingerprint density at radius 1 is 1.07 bits per heavy atom. The molecule has 0 N–H and O–H groups in total. The Hall–Kier alpha value is 0.0900. The zero-order chi connectivity index (χ0) is 12.1. The predicted octanol–water partition coefficient (Wildman–Crippen LogP) is 5.15. The average molecular weight is 228 g/mol. The Balaban J connectivity index is 3.74. The largest absolute Gasteiger partial charge is 0.158 e. The molecule has 0 aromatic heterocycles. The number of hydrogen-bond acceptors (Lipinski definition) is 1. The second-order valence-corrected chi connectivity index (χ2v) is 7.83. The first-order valence-electron chi connectivity index (χ1n) is 5.86. The lowest BCUT2D eigenvalue weighted by atomic mass is 9.94. The summed E-state index contributed by atoms with van der Waals surface area (Å²) in [5.74, 6) is 2.46. The zero-order valence-electron chi connectivity index (χ0n) is 11.6. The van der Waals surface area contributed by atoms with Crippen LogP contribution >= 0.6 is 11.8 Å². The molecule has 0 unspecified atom stereocenters. The van der Waals surface area contributed by atoms with E-state index in [0.29, 0.717) is 10.8 Å². The molecule has 0 heterocycles. The summed E-state index contributed by atoms with van der Waals surface area (Å²) in [6, 6.07) is 0. The smallest absolute Gasteiger partial charge is 0.0140 e. The van der Waals surface area contributed by atoms with Crippen LogP contribution in [0.2, 0.25) is 0 Å². The molecule has 0 atom stereocenters. The maximum atomic E-state index is 2.39. The van der Waals surface area contributed by atoms with Crippen molar-refractivity contribution in [1.82, 2.24) is 0 Å². The van der Waals surface area contributed by atoms with Crippen molar-refractivity contribution < 1.29 is 0 Å². The monoisotopic (exact) mass is 228 g/mol. The van der Waals surface area contributed by atoms with Crippen molar-refractivity contribution in [3.63, 3.8) is 0 Å². The highest BCUT2D eigenvalue weighted by Gasteiger charge is 2.10. The van der Waals surface area contributed by atoms with Gasteiger partial charge >= 0.3 is 0 Å². The molecule has 0 aromatic carbocycles. The van der Waals surface area contributed by atoms with Crippen LogP contribution in [0.25, 0.3) is 0 Å². The van der Waals surface area contributed by atoms with Crippen LogP contribution in [0.5, 0.6) is 0 Å². The van der Waals surface area contributed by atoms with Gasteiger partial charge < -0.3 is 0 Å².